The first-order valence-electron chi connectivity index (χ1n) is 6.60. The summed E-state index contributed by atoms with van der Waals surface area (Å²) in [5.74, 6) is -0.334. The third-order valence-corrected chi connectivity index (χ3v) is 3.71. The Kier molecular flexibility index (Phi) is 6.02. The van der Waals surface area contributed by atoms with Crippen molar-refractivity contribution in [2.24, 2.45) is 0 Å². The third kappa shape index (κ3) is 5.03. The van der Waals surface area contributed by atoms with E-state index in [2.05, 4.69) is 17.6 Å². The van der Waals surface area contributed by atoms with Crippen LogP contribution in [-0.4, -0.2) is 24.4 Å². The predicted molar refractivity (Wildman–Crippen MR) is 78.7 cm³/mol. The minimum Gasteiger partial charge on any atom is -0.352 e. The SMILES string of the molecule is CCCc1cc(C(=O)NCC(=O)NC(C)C)sc1C. The van der Waals surface area contributed by atoms with Gasteiger partial charge in [0.2, 0.25) is 5.91 Å². The van der Waals surface area contributed by atoms with E-state index in [1.54, 1.807) is 0 Å². The van der Waals surface area contributed by atoms with Crippen LogP contribution in [-0.2, 0) is 11.2 Å². The van der Waals surface area contributed by atoms with Crippen LogP contribution in [0.25, 0.3) is 0 Å². The number of thiophene rings is 1. The molecule has 106 valence electrons. The summed E-state index contributed by atoms with van der Waals surface area (Å²) in [6.07, 6.45) is 2.05. The second-order valence-electron chi connectivity index (χ2n) is 4.85. The van der Waals surface area contributed by atoms with Crippen LogP contribution in [0.5, 0.6) is 0 Å². The molecular formula is C14H22N2O2S. The molecule has 1 heterocycles. The Morgan fingerprint density at radius 2 is 2.05 bits per heavy atom. The van der Waals surface area contributed by atoms with Crippen LogP contribution < -0.4 is 10.6 Å². The number of hydrogen-bond acceptors (Lipinski definition) is 3. The molecule has 5 heteroatoms. The molecular weight excluding hydrogens is 260 g/mol. The zero-order valence-corrected chi connectivity index (χ0v) is 12.8. The zero-order chi connectivity index (χ0) is 14.4. The highest BCUT2D eigenvalue weighted by atomic mass is 32.1. The van der Waals surface area contributed by atoms with E-state index in [-0.39, 0.29) is 24.4 Å². The van der Waals surface area contributed by atoms with Crippen molar-refractivity contribution < 1.29 is 9.59 Å². The Labute approximate surface area is 118 Å². The summed E-state index contributed by atoms with van der Waals surface area (Å²) in [5.41, 5.74) is 1.23. The van der Waals surface area contributed by atoms with Crippen LogP contribution in [0.15, 0.2) is 6.07 Å². The molecule has 2 N–H and O–H groups in total. The lowest BCUT2D eigenvalue weighted by Gasteiger charge is -2.08. The molecule has 0 aromatic carbocycles. The van der Waals surface area contributed by atoms with Crippen molar-refractivity contribution in [1.82, 2.24) is 10.6 Å². The maximum absolute atomic E-state index is 11.9. The number of rotatable bonds is 6. The molecule has 0 atom stereocenters. The molecule has 0 fully saturated rings. The molecule has 0 aliphatic heterocycles. The summed E-state index contributed by atoms with van der Waals surface area (Å²) in [6, 6.07) is 2.02. The molecule has 4 nitrogen and oxygen atoms in total. The van der Waals surface area contributed by atoms with Crippen LogP contribution in [0.4, 0.5) is 0 Å². The van der Waals surface area contributed by atoms with Gasteiger partial charge in [0.25, 0.3) is 5.91 Å². The van der Waals surface area contributed by atoms with E-state index < -0.39 is 0 Å². The van der Waals surface area contributed by atoms with E-state index >= 15 is 0 Å². The first-order valence-corrected chi connectivity index (χ1v) is 7.42. The number of hydrogen-bond donors (Lipinski definition) is 2. The molecule has 1 aromatic heterocycles. The summed E-state index contributed by atoms with van der Waals surface area (Å²) in [7, 11) is 0. The van der Waals surface area contributed by atoms with E-state index in [4.69, 9.17) is 0 Å². The molecule has 2 amide bonds. The van der Waals surface area contributed by atoms with Gasteiger partial charge < -0.3 is 10.6 Å². The molecule has 0 radical (unpaired) electrons. The fourth-order valence-electron chi connectivity index (χ4n) is 1.77. The molecule has 0 aliphatic rings. The van der Waals surface area contributed by atoms with Crippen molar-refractivity contribution in [3.8, 4) is 0 Å². The Morgan fingerprint density at radius 1 is 1.37 bits per heavy atom. The highest BCUT2D eigenvalue weighted by Crippen LogP contribution is 2.22. The molecule has 0 saturated heterocycles. The quantitative estimate of drug-likeness (QED) is 0.841. The van der Waals surface area contributed by atoms with Crippen LogP contribution >= 0.6 is 11.3 Å². The van der Waals surface area contributed by atoms with Crippen LogP contribution in [0.1, 0.15) is 47.3 Å². The minimum absolute atomic E-state index is 0.0249. The maximum atomic E-state index is 11.9. The van der Waals surface area contributed by atoms with E-state index in [9.17, 15) is 9.59 Å². The number of aryl methyl sites for hydroxylation is 2. The van der Waals surface area contributed by atoms with E-state index in [0.717, 1.165) is 12.8 Å². The van der Waals surface area contributed by atoms with E-state index in [0.29, 0.717) is 4.88 Å². The Morgan fingerprint density at radius 3 is 2.63 bits per heavy atom. The van der Waals surface area contributed by atoms with Crippen LogP contribution in [0.2, 0.25) is 0 Å². The van der Waals surface area contributed by atoms with Gasteiger partial charge in [-0.1, -0.05) is 13.3 Å². The van der Waals surface area contributed by atoms with E-state index in [1.807, 2.05) is 26.8 Å². The van der Waals surface area contributed by atoms with E-state index in [1.165, 1.54) is 21.8 Å². The van der Waals surface area contributed by atoms with Gasteiger partial charge in [-0.25, -0.2) is 0 Å². The molecule has 0 saturated carbocycles. The molecule has 19 heavy (non-hydrogen) atoms. The summed E-state index contributed by atoms with van der Waals surface area (Å²) in [5, 5.41) is 5.38. The second kappa shape index (κ2) is 7.28. The van der Waals surface area contributed by atoms with Gasteiger partial charge in [-0.05, 0) is 38.8 Å². The maximum Gasteiger partial charge on any atom is 0.261 e. The molecule has 1 rings (SSSR count). The van der Waals surface area contributed by atoms with Gasteiger partial charge in [-0.3, -0.25) is 9.59 Å². The monoisotopic (exact) mass is 282 g/mol. The lowest BCUT2D eigenvalue weighted by atomic mass is 10.1. The Hall–Kier alpha value is -1.36. The summed E-state index contributed by atoms with van der Waals surface area (Å²) in [6.45, 7) is 7.95. The van der Waals surface area contributed by atoms with Crippen molar-refractivity contribution in [2.45, 2.75) is 46.6 Å². The van der Waals surface area contributed by atoms with Crippen molar-refractivity contribution >= 4 is 23.2 Å². The largest absolute Gasteiger partial charge is 0.352 e. The van der Waals surface area contributed by atoms with Gasteiger partial charge in [0.05, 0.1) is 11.4 Å². The smallest absolute Gasteiger partial charge is 0.261 e. The van der Waals surface area contributed by atoms with Crippen LogP contribution in [0.3, 0.4) is 0 Å². The minimum atomic E-state index is -0.172. The van der Waals surface area contributed by atoms with Gasteiger partial charge in [-0.2, -0.15) is 0 Å². The van der Waals surface area contributed by atoms with Crippen LogP contribution in [0, 0.1) is 6.92 Å². The number of nitrogens with one attached hydrogen (secondary N) is 2. The molecule has 0 spiro atoms. The standard InChI is InChI=1S/C14H22N2O2S/c1-5-6-11-7-12(19-10(11)4)14(18)15-8-13(17)16-9(2)3/h7,9H,5-6,8H2,1-4H3,(H,15,18)(H,16,17). The predicted octanol–water partition coefficient (Wildman–Crippen LogP) is 2.26. The molecule has 1 aromatic rings. The van der Waals surface area contributed by atoms with Gasteiger partial charge in [0, 0.05) is 10.9 Å². The Balaban J connectivity index is 2.54. The van der Waals surface area contributed by atoms with Crippen molar-refractivity contribution in [2.75, 3.05) is 6.54 Å². The lowest BCUT2D eigenvalue weighted by Crippen LogP contribution is -2.39. The van der Waals surface area contributed by atoms with Crippen molar-refractivity contribution in [1.29, 1.82) is 0 Å². The topological polar surface area (TPSA) is 58.2 Å². The summed E-state index contributed by atoms with van der Waals surface area (Å²) >= 11 is 1.48. The first-order chi connectivity index (χ1) is 8.93. The molecule has 0 aliphatic carbocycles. The van der Waals surface area contributed by atoms with Crippen molar-refractivity contribution in [3.05, 3.63) is 21.4 Å². The van der Waals surface area contributed by atoms with Gasteiger partial charge in [0.15, 0.2) is 0 Å². The van der Waals surface area contributed by atoms with Gasteiger partial charge in [0.1, 0.15) is 0 Å². The van der Waals surface area contributed by atoms with Gasteiger partial charge >= 0.3 is 0 Å². The number of carbonyl (C=O) groups excluding carboxylic acids is 2. The number of amides is 2. The lowest BCUT2D eigenvalue weighted by molar-refractivity contribution is -0.120. The average molecular weight is 282 g/mol. The zero-order valence-electron chi connectivity index (χ0n) is 12.0. The average Bonchev–Trinajstić information content (AvgIpc) is 2.68. The molecule has 0 bridgehead atoms. The second-order valence-corrected chi connectivity index (χ2v) is 6.10. The Bertz CT molecular complexity index is 452. The van der Waals surface area contributed by atoms with Gasteiger partial charge in [-0.15, -0.1) is 11.3 Å². The first kappa shape index (κ1) is 15.7. The highest BCUT2D eigenvalue weighted by Gasteiger charge is 2.13. The number of carbonyl (C=O) groups is 2. The third-order valence-electron chi connectivity index (χ3n) is 2.62. The summed E-state index contributed by atoms with van der Waals surface area (Å²) in [4.78, 5) is 25.2. The van der Waals surface area contributed by atoms with Crippen molar-refractivity contribution in [3.63, 3.8) is 0 Å². The normalized spacial score (nSPS) is 10.6. The molecule has 0 unspecified atom stereocenters. The fraction of sp³-hybridized carbons (Fsp3) is 0.571. The highest BCUT2D eigenvalue weighted by molar-refractivity contribution is 7.14. The summed E-state index contributed by atoms with van der Waals surface area (Å²) < 4.78 is 0. The fourth-order valence-corrected chi connectivity index (χ4v) is 2.76.